The van der Waals surface area contributed by atoms with Crippen LogP contribution in [0.15, 0.2) is 24.5 Å². The summed E-state index contributed by atoms with van der Waals surface area (Å²) in [7, 11) is 3.96. The van der Waals surface area contributed by atoms with Crippen LogP contribution in [0.1, 0.15) is 12.0 Å². The zero-order valence-corrected chi connectivity index (χ0v) is 12.6. The number of carbonyl (C=O) groups excluding carboxylic acids is 2. The molecule has 0 bridgehead atoms. The number of hydrogen-bond acceptors (Lipinski definition) is 4. The van der Waals surface area contributed by atoms with Gasteiger partial charge in [0.25, 0.3) is 0 Å². The lowest BCUT2D eigenvalue weighted by Crippen LogP contribution is -2.40. The molecule has 6 nitrogen and oxygen atoms in total. The van der Waals surface area contributed by atoms with Crippen LogP contribution in [0.2, 0.25) is 0 Å². The number of pyridine rings is 1. The maximum Gasteiger partial charge on any atom is 0.228 e. The summed E-state index contributed by atoms with van der Waals surface area (Å²) in [5.74, 6) is -0.238. The molecule has 2 rings (SSSR count). The van der Waals surface area contributed by atoms with Crippen molar-refractivity contribution in [3.8, 4) is 0 Å². The van der Waals surface area contributed by atoms with Crippen molar-refractivity contribution in [1.82, 2.24) is 20.1 Å². The molecule has 1 unspecified atom stereocenters. The smallest absolute Gasteiger partial charge is 0.228 e. The molecule has 1 aliphatic heterocycles. The summed E-state index contributed by atoms with van der Waals surface area (Å²) in [5, 5.41) is 2.72. The molecule has 0 aromatic carbocycles. The van der Waals surface area contributed by atoms with E-state index >= 15 is 0 Å². The lowest BCUT2D eigenvalue weighted by atomic mass is 10.1. The van der Waals surface area contributed by atoms with E-state index < -0.39 is 0 Å². The molecule has 1 saturated heterocycles. The third-order valence-electron chi connectivity index (χ3n) is 3.55. The van der Waals surface area contributed by atoms with Crippen molar-refractivity contribution in [2.24, 2.45) is 5.92 Å². The molecule has 2 heterocycles. The maximum atomic E-state index is 12.6. The average molecular weight is 290 g/mol. The van der Waals surface area contributed by atoms with Crippen LogP contribution in [0.25, 0.3) is 0 Å². The SMILES string of the molecule is CN(C)CCN(Cc1cccnc1)C(=O)C1CNC(=O)C1. The lowest BCUT2D eigenvalue weighted by molar-refractivity contribution is -0.136. The van der Waals surface area contributed by atoms with Gasteiger partial charge >= 0.3 is 0 Å². The second-order valence-corrected chi connectivity index (χ2v) is 5.63. The largest absolute Gasteiger partial charge is 0.355 e. The summed E-state index contributed by atoms with van der Waals surface area (Å²) in [6.45, 7) is 2.42. The Bertz CT molecular complexity index is 490. The minimum absolute atomic E-state index is 0.0395. The molecule has 0 saturated carbocycles. The van der Waals surface area contributed by atoms with E-state index in [9.17, 15) is 9.59 Å². The number of aromatic nitrogens is 1. The molecule has 1 aliphatic rings. The van der Waals surface area contributed by atoms with Gasteiger partial charge in [-0.2, -0.15) is 0 Å². The highest BCUT2D eigenvalue weighted by molar-refractivity contribution is 5.89. The van der Waals surface area contributed by atoms with Crippen LogP contribution >= 0.6 is 0 Å². The Balaban J connectivity index is 2.04. The van der Waals surface area contributed by atoms with Crippen LogP contribution < -0.4 is 5.32 Å². The Morgan fingerprint density at radius 1 is 1.43 bits per heavy atom. The predicted molar refractivity (Wildman–Crippen MR) is 79.3 cm³/mol. The van der Waals surface area contributed by atoms with Crippen LogP contribution in [0, 0.1) is 5.92 Å². The van der Waals surface area contributed by atoms with Crippen molar-refractivity contribution >= 4 is 11.8 Å². The summed E-state index contributed by atoms with van der Waals surface area (Å²) in [6, 6.07) is 3.82. The van der Waals surface area contributed by atoms with E-state index in [4.69, 9.17) is 0 Å². The van der Waals surface area contributed by atoms with E-state index in [1.165, 1.54) is 0 Å². The first-order valence-corrected chi connectivity index (χ1v) is 7.15. The first kappa shape index (κ1) is 15.4. The van der Waals surface area contributed by atoms with Crippen LogP contribution in [-0.2, 0) is 16.1 Å². The monoisotopic (exact) mass is 290 g/mol. The second-order valence-electron chi connectivity index (χ2n) is 5.63. The molecule has 2 amide bonds. The van der Waals surface area contributed by atoms with Gasteiger partial charge in [0.2, 0.25) is 11.8 Å². The summed E-state index contributed by atoms with van der Waals surface area (Å²) in [4.78, 5) is 31.9. The molecule has 1 atom stereocenters. The van der Waals surface area contributed by atoms with Gasteiger partial charge in [-0.05, 0) is 25.7 Å². The number of hydrogen-bond donors (Lipinski definition) is 1. The van der Waals surface area contributed by atoms with Crippen LogP contribution in [-0.4, -0.2) is 60.3 Å². The Kier molecular flexibility index (Phi) is 5.27. The fraction of sp³-hybridized carbons (Fsp3) is 0.533. The molecule has 21 heavy (non-hydrogen) atoms. The Morgan fingerprint density at radius 3 is 2.81 bits per heavy atom. The maximum absolute atomic E-state index is 12.6. The zero-order chi connectivity index (χ0) is 15.2. The number of rotatable bonds is 6. The minimum atomic E-state index is -0.240. The van der Waals surface area contributed by atoms with Crippen molar-refractivity contribution in [2.75, 3.05) is 33.7 Å². The van der Waals surface area contributed by atoms with Crippen LogP contribution in [0.5, 0.6) is 0 Å². The molecule has 6 heteroatoms. The molecular formula is C15H22N4O2. The van der Waals surface area contributed by atoms with Crippen molar-refractivity contribution < 1.29 is 9.59 Å². The number of amides is 2. The fourth-order valence-electron chi connectivity index (χ4n) is 2.34. The standard InChI is InChI=1S/C15H22N4O2/c1-18(2)6-7-19(11-12-4-3-5-16-9-12)15(21)13-8-14(20)17-10-13/h3-5,9,13H,6-8,10-11H2,1-2H3,(H,17,20). The predicted octanol–water partition coefficient (Wildman–Crippen LogP) is 0.108. The summed E-state index contributed by atoms with van der Waals surface area (Å²) in [5.41, 5.74) is 1.00. The molecule has 1 N–H and O–H groups in total. The summed E-state index contributed by atoms with van der Waals surface area (Å²) in [6.07, 6.45) is 3.79. The van der Waals surface area contributed by atoms with Crippen molar-refractivity contribution in [1.29, 1.82) is 0 Å². The van der Waals surface area contributed by atoms with E-state index in [1.54, 1.807) is 12.4 Å². The highest BCUT2D eigenvalue weighted by Crippen LogP contribution is 2.15. The Hall–Kier alpha value is -1.95. The third-order valence-corrected chi connectivity index (χ3v) is 3.55. The number of likely N-dealkylation sites (N-methyl/N-ethyl adjacent to an activating group) is 1. The van der Waals surface area contributed by atoms with Gasteiger partial charge in [-0.3, -0.25) is 14.6 Å². The van der Waals surface area contributed by atoms with Gasteiger partial charge in [0.1, 0.15) is 0 Å². The van der Waals surface area contributed by atoms with Crippen LogP contribution in [0.3, 0.4) is 0 Å². The van der Waals surface area contributed by atoms with Gasteiger partial charge in [0.15, 0.2) is 0 Å². The topological polar surface area (TPSA) is 65.5 Å². The normalized spacial score (nSPS) is 17.9. The molecule has 0 spiro atoms. The van der Waals surface area contributed by atoms with Gasteiger partial charge in [0.05, 0.1) is 5.92 Å². The van der Waals surface area contributed by atoms with Gasteiger partial charge in [-0.15, -0.1) is 0 Å². The minimum Gasteiger partial charge on any atom is -0.355 e. The average Bonchev–Trinajstić information content (AvgIpc) is 2.90. The zero-order valence-electron chi connectivity index (χ0n) is 12.6. The van der Waals surface area contributed by atoms with Crippen molar-refractivity contribution in [3.63, 3.8) is 0 Å². The van der Waals surface area contributed by atoms with E-state index in [-0.39, 0.29) is 17.7 Å². The summed E-state index contributed by atoms with van der Waals surface area (Å²) >= 11 is 0. The van der Waals surface area contributed by atoms with Crippen molar-refractivity contribution in [2.45, 2.75) is 13.0 Å². The molecular weight excluding hydrogens is 268 g/mol. The third kappa shape index (κ3) is 4.53. The fourth-order valence-corrected chi connectivity index (χ4v) is 2.34. The van der Waals surface area contributed by atoms with Gasteiger partial charge in [-0.1, -0.05) is 6.07 Å². The molecule has 0 aliphatic carbocycles. The summed E-state index contributed by atoms with van der Waals surface area (Å²) < 4.78 is 0. The van der Waals surface area contributed by atoms with Gasteiger partial charge < -0.3 is 15.1 Å². The quantitative estimate of drug-likeness (QED) is 0.807. The second kappa shape index (κ2) is 7.17. The molecule has 1 fully saturated rings. The van der Waals surface area contributed by atoms with E-state index in [0.717, 1.165) is 12.1 Å². The number of nitrogens with zero attached hydrogens (tertiary/aromatic N) is 3. The van der Waals surface area contributed by atoms with E-state index in [1.807, 2.05) is 36.0 Å². The lowest BCUT2D eigenvalue weighted by Gasteiger charge is -2.26. The molecule has 0 radical (unpaired) electrons. The Labute approximate surface area is 125 Å². The molecule has 114 valence electrons. The van der Waals surface area contributed by atoms with Crippen molar-refractivity contribution in [3.05, 3.63) is 30.1 Å². The Morgan fingerprint density at radius 2 is 2.24 bits per heavy atom. The highest BCUT2D eigenvalue weighted by Gasteiger charge is 2.31. The van der Waals surface area contributed by atoms with E-state index in [2.05, 4.69) is 10.3 Å². The molecule has 1 aromatic rings. The van der Waals surface area contributed by atoms with Crippen LogP contribution in [0.4, 0.5) is 0 Å². The number of carbonyl (C=O) groups is 2. The van der Waals surface area contributed by atoms with Gasteiger partial charge in [-0.25, -0.2) is 0 Å². The van der Waals surface area contributed by atoms with E-state index in [0.29, 0.717) is 26.1 Å². The highest BCUT2D eigenvalue weighted by atomic mass is 16.2. The first-order chi connectivity index (χ1) is 10.1. The first-order valence-electron chi connectivity index (χ1n) is 7.15. The molecule has 1 aromatic heterocycles. The van der Waals surface area contributed by atoms with Gasteiger partial charge in [0, 0.05) is 45.0 Å². The number of nitrogens with one attached hydrogen (secondary N) is 1.